The molecule has 1 atom stereocenters. The van der Waals surface area contributed by atoms with E-state index >= 15 is 0 Å². The highest BCUT2D eigenvalue weighted by molar-refractivity contribution is 7.99. The molecule has 1 fully saturated rings. The molecule has 0 saturated carbocycles. The largest absolute Gasteiger partial charge is 0.337 e. The van der Waals surface area contributed by atoms with Gasteiger partial charge in [-0.05, 0) is 36.1 Å². The van der Waals surface area contributed by atoms with Crippen LogP contribution in [0.15, 0.2) is 95.9 Å². The van der Waals surface area contributed by atoms with Gasteiger partial charge in [-0.2, -0.15) is 0 Å². The molecule has 0 aliphatic carbocycles. The van der Waals surface area contributed by atoms with Crippen molar-refractivity contribution in [2.45, 2.75) is 30.2 Å². The number of carbonyl (C=O) groups is 1. The van der Waals surface area contributed by atoms with Crippen LogP contribution in [0.5, 0.6) is 0 Å². The minimum atomic E-state index is 0.198. The van der Waals surface area contributed by atoms with Crippen LogP contribution in [0, 0.1) is 0 Å². The van der Waals surface area contributed by atoms with E-state index in [4.69, 9.17) is 0 Å². The Morgan fingerprint density at radius 2 is 1.38 bits per heavy atom. The number of thioether (sulfide) groups is 1. The normalized spacial score (nSPS) is 16.0. The van der Waals surface area contributed by atoms with Crippen LogP contribution in [0.1, 0.15) is 17.5 Å². The van der Waals surface area contributed by atoms with Crippen molar-refractivity contribution < 1.29 is 4.79 Å². The molecule has 1 aliphatic heterocycles. The van der Waals surface area contributed by atoms with E-state index in [2.05, 4.69) is 94.7 Å². The monoisotopic (exact) mass is 444 g/mol. The Kier molecular flexibility index (Phi) is 8.41. The van der Waals surface area contributed by atoms with Gasteiger partial charge in [0.15, 0.2) is 0 Å². The molecular weight excluding hydrogens is 412 g/mol. The second-order valence-electron chi connectivity index (χ2n) is 8.38. The van der Waals surface area contributed by atoms with Crippen LogP contribution in [0.2, 0.25) is 0 Å². The fourth-order valence-corrected chi connectivity index (χ4v) is 5.31. The molecule has 1 saturated heterocycles. The fraction of sp³-hybridized carbons (Fsp3) is 0.321. The zero-order valence-corrected chi connectivity index (χ0v) is 19.4. The Hall–Kier alpha value is -2.56. The van der Waals surface area contributed by atoms with Crippen LogP contribution in [-0.2, 0) is 17.6 Å². The molecule has 3 aromatic carbocycles. The molecule has 0 radical (unpaired) electrons. The third-order valence-electron chi connectivity index (χ3n) is 6.12. The fourth-order valence-electron chi connectivity index (χ4n) is 4.28. The predicted molar refractivity (Wildman–Crippen MR) is 134 cm³/mol. The van der Waals surface area contributed by atoms with Gasteiger partial charge in [0, 0.05) is 49.3 Å². The van der Waals surface area contributed by atoms with E-state index in [1.807, 2.05) is 17.8 Å². The molecule has 1 heterocycles. The van der Waals surface area contributed by atoms with Crippen molar-refractivity contribution in [2.24, 2.45) is 0 Å². The number of benzene rings is 3. The third-order valence-corrected chi connectivity index (χ3v) is 7.28. The van der Waals surface area contributed by atoms with Crippen LogP contribution in [0.4, 0.5) is 0 Å². The summed E-state index contributed by atoms with van der Waals surface area (Å²) in [6.07, 6.45) is 2.54. The average molecular weight is 445 g/mol. The van der Waals surface area contributed by atoms with Crippen LogP contribution < -0.4 is 0 Å². The molecule has 1 aliphatic rings. The van der Waals surface area contributed by atoms with E-state index < -0.39 is 0 Å². The van der Waals surface area contributed by atoms with E-state index in [9.17, 15) is 4.79 Å². The van der Waals surface area contributed by atoms with Crippen molar-refractivity contribution in [2.75, 3.05) is 31.9 Å². The van der Waals surface area contributed by atoms with Gasteiger partial charge < -0.3 is 9.80 Å². The van der Waals surface area contributed by atoms with Gasteiger partial charge in [0.2, 0.25) is 5.91 Å². The highest BCUT2D eigenvalue weighted by Gasteiger charge is 2.27. The Morgan fingerprint density at radius 1 is 0.750 bits per heavy atom. The number of hydrogen-bond acceptors (Lipinski definition) is 3. The lowest BCUT2D eigenvalue weighted by Gasteiger charge is -2.31. The standard InChI is InChI=1S/C28H32N2OS/c31-28-17-19-29(18-16-24-10-4-1-5-11-24)20-21-30(28)26(22-25-12-6-2-7-13-25)23-32-27-14-8-3-9-15-27/h1-15,26H,16-23H2. The SMILES string of the molecule is O=C1CCN(CCc2ccccc2)CCN1C(CSc1ccccc1)Cc1ccccc1. The van der Waals surface area contributed by atoms with Gasteiger partial charge in [0.1, 0.15) is 0 Å². The number of rotatable bonds is 9. The summed E-state index contributed by atoms with van der Waals surface area (Å²) in [6.45, 7) is 3.61. The molecule has 4 heteroatoms. The summed E-state index contributed by atoms with van der Waals surface area (Å²) in [5, 5.41) is 0. The summed E-state index contributed by atoms with van der Waals surface area (Å²) in [4.78, 5) is 19.0. The molecule has 3 aromatic rings. The lowest BCUT2D eigenvalue weighted by Crippen LogP contribution is -2.44. The molecule has 0 spiro atoms. The van der Waals surface area contributed by atoms with Gasteiger partial charge in [0.25, 0.3) is 0 Å². The maximum Gasteiger partial charge on any atom is 0.224 e. The lowest BCUT2D eigenvalue weighted by atomic mass is 10.1. The average Bonchev–Trinajstić information content (AvgIpc) is 3.03. The number of amides is 1. The highest BCUT2D eigenvalue weighted by atomic mass is 32.2. The smallest absolute Gasteiger partial charge is 0.224 e. The van der Waals surface area contributed by atoms with Gasteiger partial charge >= 0.3 is 0 Å². The zero-order valence-electron chi connectivity index (χ0n) is 18.6. The van der Waals surface area contributed by atoms with Crippen molar-refractivity contribution in [3.8, 4) is 0 Å². The maximum absolute atomic E-state index is 13.2. The minimum absolute atomic E-state index is 0.198. The lowest BCUT2D eigenvalue weighted by molar-refractivity contribution is -0.132. The van der Waals surface area contributed by atoms with Crippen LogP contribution >= 0.6 is 11.8 Å². The minimum Gasteiger partial charge on any atom is -0.337 e. The topological polar surface area (TPSA) is 23.6 Å². The van der Waals surface area contributed by atoms with Crippen molar-refractivity contribution in [3.05, 3.63) is 102 Å². The van der Waals surface area contributed by atoms with Crippen molar-refractivity contribution in [1.82, 2.24) is 9.80 Å². The van der Waals surface area contributed by atoms with E-state index in [-0.39, 0.29) is 6.04 Å². The van der Waals surface area contributed by atoms with Gasteiger partial charge in [0.05, 0.1) is 0 Å². The summed E-state index contributed by atoms with van der Waals surface area (Å²) < 4.78 is 0. The second-order valence-corrected chi connectivity index (χ2v) is 9.48. The molecule has 32 heavy (non-hydrogen) atoms. The van der Waals surface area contributed by atoms with Crippen molar-refractivity contribution in [3.63, 3.8) is 0 Å². The Bertz CT molecular complexity index is 949. The van der Waals surface area contributed by atoms with Gasteiger partial charge in [-0.3, -0.25) is 4.79 Å². The van der Waals surface area contributed by atoms with E-state index in [0.717, 1.165) is 44.8 Å². The molecule has 166 valence electrons. The summed E-state index contributed by atoms with van der Waals surface area (Å²) in [5.41, 5.74) is 2.66. The van der Waals surface area contributed by atoms with Crippen molar-refractivity contribution >= 4 is 17.7 Å². The first-order valence-corrected chi connectivity index (χ1v) is 12.5. The first-order valence-electron chi connectivity index (χ1n) is 11.6. The summed E-state index contributed by atoms with van der Waals surface area (Å²) >= 11 is 1.85. The zero-order chi connectivity index (χ0) is 22.0. The molecule has 1 amide bonds. The summed E-state index contributed by atoms with van der Waals surface area (Å²) in [6, 6.07) is 31.9. The Labute approximate surface area is 196 Å². The number of hydrogen-bond donors (Lipinski definition) is 0. The first-order chi connectivity index (χ1) is 15.8. The molecular formula is C28H32N2OS. The molecule has 0 bridgehead atoms. The van der Waals surface area contributed by atoms with Crippen LogP contribution in [0.25, 0.3) is 0 Å². The Balaban J connectivity index is 1.41. The second kappa shape index (κ2) is 11.9. The van der Waals surface area contributed by atoms with Crippen molar-refractivity contribution in [1.29, 1.82) is 0 Å². The molecule has 0 N–H and O–H groups in total. The first kappa shape index (κ1) is 22.6. The predicted octanol–water partition coefficient (Wildman–Crippen LogP) is 5.17. The Morgan fingerprint density at radius 3 is 2.06 bits per heavy atom. The van der Waals surface area contributed by atoms with Gasteiger partial charge in [-0.15, -0.1) is 11.8 Å². The van der Waals surface area contributed by atoms with E-state index in [0.29, 0.717) is 12.3 Å². The number of nitrogens with zero attached hydrogens (tertiary/aromatic N) is 2. The quantitative estimate of drug-likeness (QED) is 0.426. The number of carbonyl (C=O) groups excluding carboxylic acids is 1. The van der Waals surface area contributed by atoms with Crippen LogP contribution in [-0.4, -0.2) is 53.7 Å². The van der Waals surface area contributed by atoms with Crippen LogP contribution in [0.3, 0.4) is 0 Å². The van der Waals surface area contributed by atoms with E-state index in [1.165, 1.54) is 16.0 Å². The third kappa shape index (κ3) is 6.72. The van der Waals surface area contributed by atoms with E-state index in [1.54, 1.807) is 0 Å². The maximum atomic E-state index is 13.2. The molecule has 1 unspecified atom stereocenters. The molecule has 4 rings (SSSR count). The van der Waals surface area contributed by atoms with Gasteiger partial charge in [-0.25, -0.2) is 0 Å². The molecule has 0 aromatic heterocycles. The van der Waals surface area contributed by atoms with Gasteiger partial charge in [-0.1, -0.05) is 78.9 Å². The highest BCUT2D eigenvalue weighted by Crippen LogP contribution is 2.23. The summed E-state index contributed by atoms with van der Waals surface area (Å²) in [7, 11) is 0. The summed E-state index contributed by atoms with van der Waals surface area (Å²) in [5.74, 6) is 1.20. The molecule has 3 nitrogen and oxygen atoms in total.